The molecule has 0 radical (unpaired) electrons. The Bertz CT molecular complexity index is 406. The lowest BCUT2D eigenvalue weighted by Crippen LogP contribution is -1.97. The number of aryl methyl sites for hydroxylation is 1. The van der Waals surface area contributed by atoms with Crippen molar-refractivity contribution in [3.63, 3.8) is 0 Å². The maximum absolute atomic E-state index is 9.00. The van der Waals surface area contributed by atoms with Gasteiger partial charge in [-0.1, -0.05) is 6.07 Å². The van der Waals surface area contributed by atoms with Crippen molar-refractivity contribution in [1.29, 1.82) is 0 Å². The minimum Gasteiger partial charge on any atom is -0.390 e. The summed E-state index contributed by atoms with van der Waals surface area (Å²) in [5, 5.41) is 15.4. The highest BCUT2D eigenvalue weighted by Gasteiger charge is 2.04. The van der Waals surface area contributed by atoms with Gasteiger partial charge < -0.3 is 5.11 Å². The molecule has 0 amide bonds. The second-order valence-corrected chi connectivity index (χ2v) is 4.20. The molecule has 14 heavy (non-hydrogen) atoms. The fourth-order valence-corrected chi connectivity index (χ4v) is 2.12. The number of rotatable bonds is 3. The van der Waals surface area contributed by atoms with E-state index in [-0.39, 0.29) is 6.61 Å². The van der Waals surface area contributed by atoms with Crippen molar-refractivity contribution in [2.45, 2.75) is 13.0 Å². The molecule has 0 saturated heterocycles. The third kappa shape index (κ3) is 1.86. The number of hydrogen-bond acceptors (Lipinski definition) is 3. The van der Waals surface area contributed by atoms with Gasteiger partial charge in [0.15, 0.2) is 0 Å². The first kappa shape index (κ1) is 9.43. The van der Waals surface area contributed by atoms with Gasteiger partial charge in [-0.15, -0.1) is 11.3 Å². The van der Waals surface area contributed by atoms with Crippen LogP contribution in [0.1, 0.15) is 16.3 Å². The van der Waals surface area contributed by atoms with Gasteiger partial charge in [0.25, 0.3) is 0 Å². The average Bonchev–Trinajstić information content (AvgIpc) is 2.76. The first-order chi connectivity index (χ1) is 6.79. The summed E-state index contributed by atoms with van der Waals surface area (Å²) in [4.78, 5) is 1.30. The molecule has 0 fully saturated rings. The average molecular weight is 208 g/mol. The third-order valence-corrected chi connectivity index (χ3v) is 3.00. The summed E-state index contributed by atoms with van der Waals surface area (Å²) in [6.07, 6.45) is 0.853. The molecule has 4 heteroatoms. The van der Waals surface area contributed by atoms with Crippen LogP contribution in [0.3, 0.4) is 0 Å². The number of aromatic nitrogens is 2. The monoisotopic (exact) mass is 208 g/mol. The minimum atomic E-state index is 0.0495. The summed E-state index contributed by atoms with van der Waals surface area (Å²) in [5.41, 5.74) is 1.87. The quantitative estimate of drug-likeness (QED) is 0.831. The number of thiophene rings is 1. The van der Waals surface area contributed by atoms with E-state index in [0.717, 1.165) is 17.8 Å². The molecule has 0 aliphatic rings. The molecule has 2 rings (SSSR count). The number of nitrogens with zero attached hydrogens (tertiary/aromatic N) is 2. The van der Waals surface area contributed by atoms with E-state index in [1.807, 2.05) is 19.2 Å². The normalized spacial score (nSPS) is 10.7. The fraction of sp³-hybridized carbons (Fsp3) is 0.300. The van der Waals surface area contributed by atoms with E-state index in [1.54, 1.807) is 16.0 Å². The second-order valence-electron chi connectivity index (χ2n) is 3.16. The Morgan fingerprint density at radius 1 is 1.57 bits per heavy atom. The zero-order valence-corrected chi connectivity index (χ0v) is 8.79. The zero-order valence-electron chi connectivity index (χ0n) is 7.97. The van der Waals surface area contributed by atoms with Crippen molar-refractivity contribution in [1.82, 2.24) is 9.78 Å². The Morgan fingerprint density at radius 3 is 3.00 bits per heavy atom. The molecule has 0 atom stereocenters. The molecule has 2 aromatic rings. The van der Waals surface area contributed by atoms with Gasteiger partial charge in [-0.25, -0.2) is 0 Å². The van der Waals surface area contributed by atoms with Crippen LogP contribution in [-0.4, -0.2) is 14.9 Å². The maximum Gasteiger partial charge on any atom is 0.0849 e. The van der Waals surface area contributed by atoms with Gasteiger partial charge in [0, 0.05) is 18.3 Å². The summed E-state index contributed by atoms with van der Waals surface area (Å²) in [6, 6.07) is 6.08. The molecule has 3 nitrogen and oxygen atoms in total. The molecule has 0 unspecified atom stereocenters. The highest BCUT2D eigenvalue weighted by Crippen LogP contribution is 2.14. The smallest absolute Gasteiger partial charge is 0.0849 e. The number of hydrogen-bond donors (Lipinski definition) is 1. The summed E-state index contributed by atoms with van der Waals surface area (Å²) < 4.78 is 1.73. The number of aliphatic hydroxyl groups excluding tert-OH is 1. The van der Waals surface area contributed by atoms with Crippen molar-refractivity contribution >= 4 is 11.3 Å². The Hall–Kier alpha value is -1.13. The molecule has 2 heterocycles. The molecule has 0 spiro atoms. The maximum atomic E-state index is 9.00. The lowest BCUT2D eigenvalue weighted by molar-refractivity contribution is 0.270. The zero-order chi connectivity index (χ0) is 9.97. The largest absolute Gasteiger partial charge is 0.390 e. The van der Waals surface area contributed by atoms with Gasteiger partial charge in [0.2, 0.25) is 0 Å². The van der Waals surface area contributed by atoms with Crippen LogP contribution in [0.25, 0.3) is 0 Å². The molecule has 1 N–H and O–H groups in total. The van der Waals surface area contributed by atoms with Gasteiger partial charge in [-0.2, -0.15) is 5.10 Å². The summed E-state index contributed by atoms with van der Waals surface area (Å²) in [7, 11) is 1.85. The highest BCUT2D eigenvalue weighted by molar-refractivity contribution is 7.09. The van der Waals surface area contributed by atoms with E-state index in [0.29, 0.717) is 0 Å². The van der Waals surface area contributed by atoms with Crippen LogP contribution in [0.4, 0.5) is 0 Å². The van der Waals surface area contributed by atoms with Crippen LogP contribution in [0, 0.1) is 0 Å². The molecule has 0 aromatic carbocycles. The van der Waals surface area contributed by atoms with E-state index in [2.05, 4.69) is 16.5 Å². The first-order valence-corrected chi connectivity index (χ1v) is 5.32. The Labute approximate surface area is 86.6 Å². The topological polar surface area (TPSA) is 38.0 Å². The minimum absolute atomic E-state index is 0.0495. The third-order valence-electron chi connectivity index (χ3n) is 2.12. The summed E-state index contributed by atoms with van der Waals surface area (Å²) in [6.45, 7) is 0.0495. The Morgan fingerprint density at radius 2 is 2.43 bits per heavy atom. The lowest BCUT2D eigenvalue weighted by atomic mass is 10.2. The fourth-order valence-electron chi connectivity index (χ4n) is 1.40. The molecule has 0 bridgehead atoms. The van der Waals surface area contributed by atoms with Gasteiger partial charge in [0.05, 0.1) is 18.0 Å². The summed E-state index contributed by atoms with van der Waals surface area (Å²) >= 11 is 1.73. The lowest BCUT2D eigenvalue weighted by Gasteiger charge is -1.92. The molecule has 0 saturated carbocycles. The number of aliphatic hydroxyl groups is 1. The van der Waals surface area contributed by atoms with Gasteiger partial charge in [-0.3, -0.25) is 4.68 Å². The van der Waals surface area contributed by atoms with Crippen molar-refractivity contribution in [2.75, 3.05) is 0 Å². The van der Waals surface area contributed by atoms with Crippen molar-refractivity contribution in [3.05, 3.63) is 39.8 Å². The predicted octanol–water partition coefficient (Wildman–Crippen LogP) is 1.56. The molecule has 74 valence electrons. The Balaban J connectivity index is 2.17. The predicted molar refractivity (Wildman–Crippen MR) is 56.3 cm³/mol. The van der Waals surface area contributed by atoms with Crippen LogP contribution >= 0.6 is 11.3 Å². The summed E-state index contributed by atoms with van der Waals surface area (Å²) in [5.74, 6) is 0. The van der Waals surface area contributed by atoms with Crippen LogP contribution < -0.4 is 0 Å². The SMILES string of the molecule is Cn1nc(Cc2cccs2)cc1CO. The van der Waals surface area contributed by atoms with E-state index in [4.69, 9.17) is 5.11 Å². The van der Waals surface area contributed by atoms with Crippen LogP contribution in [-0.2, 0) is 20.1 Å². The van der Waals surface area contributed by atoms with E-state index < -0.39 is 0 Å². The highest BCUT2D eigenvalue weighted by atomic mass is 32.1. The van der Waals surface area contributed by atoms with E-state index in [1.165, 1.54) is 4.88 Å². The molecule has 0 aliphatic heterocycles. The van der Waals surface area contributed by atoms with Crippen LogP contribution in [0.2, 0.25) is 0 Å². The van der Waals surface area contributed by atoms with E-state index in [9.17, 15) is 0 Å². The molecule has 2 aromatic heterocycles. The van der Waals surface area contributed by atoms with Crippen molar-refractivity contribution < 1.29 is 5.11 Å². The van der Waals surface area contributed by atoms with Gasteiger partial charge in [0.1, 0.15) is 0 Å². The Kier molecular flexibility index (Phi) is 2.65. The standard InChI is InChI=1S/C10H12N2OS/c1-12-9(7-13)5-8(11-12)6-10-3-2-4-14-10/h2-5,13H,6-7H2,1H3. The van der Waals surface area contributed by atoms with Crippen LogP contribution in [0.5, 0.6) is 0 Å². The van der Waals surface area contributed by atoms with Gasteiger partial charge in [-0.05, 0) is 17.5 Å². The molecular formula is C10H12N2OS. The van der Waals surface area contributed by atoms with Crippen molar-refractivity contribution in [3.8, 4) is 0 Å². The first-order valence-electron chi connectivity index (χ1n) is 4.44. The second kappa shape index (κ2) is 3.94. The van der Waals surface area contributed by atoms with Crippen molar-refractivity contribution in [2.24, 2.45) is 7.05 Å². The molecular weight excluding hydrogens is 196 g/mol. The van der Waals surface area contributed by atoms with Gasteiger partial charge >= 0.3 is 0 Å². The van der Waals surface area contributed by atoms with Crippen LogP contribution in [0.15, 0.2) is 23.6 Å². The van der Waals surface area contributed by atoms with E-state index >= 15 is 0 Å². The molecule has 0 aliphatic carbocycles.